The Morgan fingerprint density at radius 2 is 2.27 bits per heavy atom. The van der Waals surface area contributed by atoms with Crippen LogP contribution in [0.5, 0.6) is 0 Å². The minimum Gasteiger partial charge on any atom is -0.344 e. The van der Waals surface area contributed by atoms with Crippen LogP contribution in [0.25, 0.3) is 0 Å². The number of aromatic nitrogens is 1. The van der Waals surface area contributed by atoms with Crippen molar-refractivity contribution < 1.29 is 4.79 Å². The van der Waals surface area contributed by atoms with E-state index in [1.807, 2.05) is 6.92 Å². The second-order valence-electron chi connectivity index (χ2n) is 3.23. The van der Waals surface area contributed by atoms with Crippen LogP contribution >= 0.6 is 43.2 Å². The molecule has 0 saturated heterocycles. The van der Waals surface area contributed by atoms with Crippen LogP contribution < -0.4 is 5.32 Å². The van der Waals surface area contributed by atoms with Gasteiger partial charge in [0.15, 0.2) is 0 Å². The van der Waals surface area contributed by atoms with Gasteiger partial charge in [0, 0.05) is 16.0 Å². The molecule has 15 heavy (non-hydrogen) atoms. The first-order valence-corrected chi connectivity index (χ1v) is 7.68. The number of carbonyl (C=O) groups excluding carboxylic acids is 1. The molecule has 0 aliphatic heterocycles. The van der Waals surface area contributed by atoms with E-state index in [-0.39, 0.29) is 11.4 Å². The molecule has 1 heterocycles. The number of nitrogens with zero attached hydrogens (tertiary/aromatic N) is 1. The molecule has 1 amide bonds. The summed E-state index contributed by atoms with van der Waals surface area (Å²) in [6.45, 7) is 2.05. The molecular formula is C9H12Br2N2OS. The SMILES string of the molecule is CCC(CBr)(CBr)NC(=O)c1cscn1. The molecule has 0 bridgehead atoms. The molecular weight excluding hydrogens is 344 g/mol. The highest BCUT2D eigenvalue weighted by Crippen LogP contribution is 2.17. The number of amides is 1. The summed E-state index contributed by atoms with van der Waals surface area (Å²) in [6, 6.07) is 0. The number of thiazole rings is 1. The van der Waals surface area contributed by atoms with Gasteiger partial charge in [-0.2, -0.15) is 0 Å². The fraction of sp³-hybridized carbons (Fsp3) is 0.556. The van der Waals surface area contributed by atoms with Crippen LogP contribution in [0.3, 0.4) is 0 Å². The van der Waals surface area contributed by atoms with Gasteiger partial charge >= 0.3 is 0 Å². The third kappa shape index (κ3) is 3.26. The van der Waals surface area contributed by atoms with Crippen molar-refractivity contribution in [3.8, 4) is 0 Å². The summed E-state index contributed by atoms with van der Waals surface area (Å²) >= 11 is 8.27. The summed E-state index contributed by atoms with van der Waals surface area (Å²) in [5.74, 6) is -0.114. The highest BCUT2D eigenvalue weighted by Gasteiger charge is 2.28. The van der Waals surface area contributed by atoms with Crippen molar-refractivity contribution in [2.45, 2.75) is 18.9 Å². The van der Waals surface area contributed by atoms with Gasteiger partial charge in [0.1, 0.15) is 5.69 Å². The fourth-order valence-electron chi connectivity index (χ4n) is 1.01. The highest BCUT2D eigenvalue weighted by molar-refractivity contribution is 9.09. The van der Waals surface area contributed by atoms with Gasteiger partial charge in [0.05, 0.1) is 11.0 Å². The summed E-state index contributed by atoms with van der Waals surface area (Å²) < 4.78 is 0. The van der Waals surface area contributed by atoms with Crippen LogP contribution in [-0.2, 0) is 0 Å². The Hall–Kier alpha value is 0.0600. The van der Waals surface area contributed by atoms with Crippen molar-refractivity contribution in [1.29, 1.82) is 0 Å². The van der Waals surface area contributed by atoms with Gasteiger partial charge < -0.3 is 5.32 Å². The summed E-state index contributed by atoms with van der Waals surface area (Å²) in [6.07, 6.45) is 0.860. The van der Waals surface area contributed by atoms with Crippen LogP contribution in [0.4, 0.5) is 0 Å². The van der Waals surface area contributed by atoms with Gasteiger partial charge in [-0.15, -0.1) is 11.3 Å². The molecule has 0 aliphatic carbocycles. The number of hydrogen-bond donors (Lipinski definition) is 1. The Bertz CT molecular complexity index is 304. The molecule has 0 aliphatic rings. The average Bonchev–Trinajstić information content (AvgIpc) is 2.79. The van der Waals surface area contributed by atoms with E-state index in [0.29, 0.717) is 5.69 Å². The van der Waals surface area contributed by atoms with Gasteiger partial charge in [0.2, 0.25) is 0 Å². The highest BCUT2D eigenvalue weighted by atomic mass is 79.9. The lowest BCUT2D eigenvalue weighted by Gasteiger charge is -2.29. The Morgan fingerprint density at radius 3 is 2.67 bits per heavy atom. The van der Waals surface area contributed by atoms with Gasteiger partial charge in [0.25, 0.3) is 5.91 Å². The lowest BCUT2D eigenvalue weighted by atomic mass is 10.0. The smallest absolute Gasteiger partial charge is 0.271 e. The Kier molecular flexibility index (Phi) is 5.22. The molecule has 0 spiro atoms. The molecule has 6 heteroatoms. The summed E-state index contributed by atoms with van der Waals surface area (Å²) in [4.78, 5) is 15.8. The zero-order valence-electron chi connectivity index (χ0n) is 8.30. The van der Waals surface area contributed by atoms with Gasteiger partial charge in [-0.3, -0.25) is 4.79 Å². The van der Waals surface area contributed by atoms with E-state index in [1.54, 1.807) is 10.9 Å². The fourth-order valence-corrected chi connectivity index (χ4v) is 3.54. The molecule has 0 unspecified atom stereocenters. The van der Waals surface area contributed by atoms with E-state index in [0.717, 1.165) is 17.1 Å². The number of halogens is 2. The minimum atomic E-state index is -0.235. The predicted molar refractivity (Wildman–Crippen MR) is 70.2 cm³/mol. The van der Waals surface area contributed by atoms with Crippen LogP contribution in [0.2, 0.25) is 0 Å². The van der Waals surface area contributed by atoms with Crippen molar-refractivity contribution in [3.63, 3.8) is 0 Å². The molecule has 0 saturated carbocycles. The van der Waals surface area contributed by atoms with Crippen LogP contribution in [0, 0.1) is 0 Å². The molecule has 0 radical (unpaired) electrons. The monoisotopic (exact) mass is 354 g/mol. The number of hydrogen-bond acceptors (Lipinski definition) is 3. The standard InChI is InChI=1S/C9H12Br2N2OS/c1-2-9(4-10,5-11)13-8(14)7-3-15-6-12-7/h3,6H,2,4-5H2,1H3,(H,13,14). The Morgan fingerprint density at radius 1 is 1.60 bits per heavy atom. The zero-order valence-corrected chi connectivity index (χ0v) is 12.3. The molecule has 1 aromatic rings. The normalized spacial score (nSPS) is 11.4. The van der Waals surface area contributed by atoms with E-state index in [9.17, 15) is 4.79 Å². The van der Waals surface area contributed by atoms with Crippen molar-refractivity contribution in [1.82, 2.24) is 10.3 Å². The molecule has 0 aromatic carbocycles. The van der Waals surface area contributed by atoms with Crippen LogP contribution in [0.1, 0.15) is 23.8 Å². The van der Waals surface area contributed by atoms with E-state index in [4.69, 9.17) is 0 Å². The first-order chi connectivity index (χ1) is 7.17. The van der Waals surface area contributed by atoms with Crippen molar-refractivity contribution >= 4 is 49.1 Å². The van der Waals surface area contributed by atoms with Crippen LogP contribution in [0.15, 0.2) is 10.9 Å². The minimum absolute atomic E-state index is 0.114. The van der Waals surface area contributed by atoms with Crippen molar-refractivity contribution in [3.05, 3.63) is 16.6 Å². The largest absolute Gasteiger partial charge is 0.344 e. The average molecular weight is 356 g/mol. The third-order valence-corrected chi connectivity index (χ3v) is 4.97. The van der Waals surface area contributed by atoms with Crippen molar-refractivity contribution in [2.24, 2.45) is 0 Å². The molecule has 1 N–H and O–H groups in total. The molecule has 3 nitrogen and oxygen atoms in total. The topological polar surface area (TPSA) is 42.0 Å². The maximum Gasteiger partial charge on any atom is 0.271 e. The second-order valence-corrected chi connectivity index (χ2v) is 5.07. The first kappa shape index (κ1) is 13.1. The number of carbonyl (C=O) groups is 1. The van der Waals surface area contributed by atoms with Gasteiger partial charge in [-0.25, -0.2) is 4.98 Å². The van der Waals surface area contributed by atoms with E-state index in [1.165, 1.54) is 11.3 Å². The molecule has 0 fully saturated rings. The predicted octanol–water partition coefficient (Wildman–Crippen LogP) is 2.81. The van der Waals surface area contributed by atoms with Crippen LogP contribution in [-0.4, -0.2) is 27.1 Å². The second kappa shape index (κ2) is 5.96. The lowest BCUT2D eigenvalue weighted by Crippen LogP contribution is -2.51. The van der Waals surface area contributed by atoms with E-state index < -0.39 is 0 Å². The maximum atomic E-state index is 11.8. The Labute approximate surface area is 110 Å². The van der Waals surface area contributed by atoms with Gasteiger partial charge in [-0.05, 0) is 6.42 Å². The third-order valence-electron chi connectivity index (χ3n) is 2.23. The quantitative estimate of drug-likeness (QED) is 0.825. The van der Waals surface area contributed by atoms with Crippen molar-refractivity contribution in [2.75, 3.05) is 10.7 Å². The summed E-state index contributed by atoms with van der Waals surface area (Å²) in [5.41, 5.74) is 1.91. The first-order valence-electron chi connectivity index (χ1n) is 4.50. The molecule has 1 rings (SSSR count). The maximum absolute atomic E-state index is 11.8. The molecule has 84 valence electrons. The molecule has 1 aromatic heterocycles. The zero-order chi connectivity index (χ0) is 11.3. The summed E-state index contributed by atoms with van der Waals surface area (Å²) in [7, 11) is 0. The lowest BCUT2D eigenvalue weighted by molar-refractivity contribution is 0.0911. The van der Waals surface area contributed by atoms with Gasteiger partial charge in [-0.1, -0.05) is 38.8 Å². The Balaban J connectivity index is 2.71. The number of nitrogens with one attached hydrogen (secondary N) is 1. The number of alkyl halides is 2. The number of rotatable bonds is 5. The van der Waals surface area contributed by atoms with E-state index >= 15 is 0 Å². The summed E-state index contributed by atoms with van der Waals surface area (Å²) in [5, 5.41) is 6.18. The van der Waals surface area contributed by atoms with E-state index in [2.05, 4.69) is 42.2 Å². The molecule has 0 atom stereocenters.